The van der Waals surface area contributed by atoms with Gasteiger partial charge in [0, 0.05) is 5.41 Å². The highest BCUT2D eigenvalue weighted by Crippen LogP contribution is 2.66. The first-order chi connectivity index (χ1) is 9.77. The monoisotopic (exact) mass is 286 g/mol. The first-order valence-electron chi connectivity index (χ1n) is 8.04. The van der Waals surface area contributed by atoms with Gasteiger partial charge in [0.05, 0.1) is 5.56 Å². The smallest absolute Gasteiger partial charge is 0.338 e. The Morgan fingerprint density at radius 2 is 1.81 bits per heavy atom. The summed E-state index contributed by atoms with van der Waals surface area (Å²) in [5, 5.41) is 0. The quantitative estimate of drug-likeness (QED) is 0.738. The van der Waals surface area contributed by atoms with Crippen molar-refractivity contribution in [1.82, 2.24) is 0 Å². The molecule has 2 fully saturated rings. The number of fused-ring (bicyclic) bond motifs is 2. The molecular weight excluding hydrogens is 260 g/mol. The Labute approximate surface area is 127 Å². The molecule has 1 aromatic rings. The maximum Gasteiger partial charge on any atom is 0.338 e. The van der Waals surface area contributed by atoms with Gasteiger partial charge in [-0.25, -0.2) is 4.79 Å². The Hall–Kier alpha value is -1.31. The molecule has 2 bridgehead atoms. The average molecular weight is 286 g/mol. The molecule has 0 aliphatic heterocycles. The second-order valence-electron chi connectivity index (χ2n) is 7.77. The van der Waals surface area contributed by atoms with Crippen LogP contribution in [0.3, 0.4) is 0 Å². The third-order valence-electron chi connectivity index (χ3n) is 6.65. The van der Waals surface area contributed by atoms with Crippen molar-refractivity contribution < 1.29 is 9.53 Å². The van der Waals surface area contributed by atoms with Gasteiger partial charge in [-0.15, -0.1) is 0 Å². The van der Waals surface area contributed by atoms with Crippen molar-refractivity contribution >= 4 is 5.97 Å². The highest BCUT2D eigenvalue weighted by Gasteiger charge is 2.62. The van der Waals surface area contributed by atoms with Gasteiger partial charge in [0.1, 0.15) is 6.10 Å². The third kappa shape index (κ3) is 1.95. The number of aryl methyl sites for hydroxylation is 2. The minimum absolute atomic E-state index is 0.0674. The first-order valence-corrected chi connectivity index (χ1v) is 8.04. The Morgan fingerprint density at radius 3 is 2.29 bits per heavy atom. The second-order valence-corrected chi connectivity index (χ2v) is 7.77. The molecule has 3 rings (SSSR count). The van der Waals surface area contributed by atoms with Gasteiger partial charge in [0.2, 0.25) is 0 Å². The van der Waals surface area contributed by atoms with E-state index in [4.69, 9.17) is 4.74 Å². The number of hydrogen-bond acceptors (Lipinski definition) is 2. The predicted molar refractivity (Wildman–Crippen MR) is 84.3 cm³/mol. The van der Waals surface area contributed by atoms with E-state index >= 15 is 0 Å². The SMILES string of the molecule is Cc1cccc(C)c1C(=O)OC1CC2CCC1(C)C2(C)C. The van der Waals surface area contributed by atoms with Crippen molar-refractivity contribution in [2.45, 2.75) is 60.0 Å². The lowest BCUT2D eigenvalue weighted by molar-refractivity contribution is -0.0243. The first kappa shape index (κ1) is 14.6. The van der Waals surface area contributed by atoms with Gasteiger partial charge in [-0.05, 0) is 55.6 Å². The molecule has 2 heteroatoms. The summed E-state index contributed by atoms with van der Waals surface area (Å²) < 4.78 is 5.99. The molecule has 114 valence electrons. The van der Waals surface area contributed by atoms with Gasteiger partial charge in [-0.1, -0.05) is 39.0 Å². The highest BCUT2D eigenvalue weighted by molar-refractivity contribution is 5.92. The Bertz CT molecular complexity index is 567. The summed E-state index contributed by atoms with van der Waals surface area (Å²) in [4.78, 5) is 12.6. The number of esters is 1. The van der Waals surface area contributed by atoms with E-state index in [0.717, 1.165) is 23.1 Å². The van der Waals surface area contributed by atoms with Crippen LogP contribution in [0.1, 0.15) is 61.5 Å². The number of ether oxygens (including phenoxy) is 1. The maximum absolute atomic E-state index is 12.6. The van der Waals surface area contributed by atoms with Gasteiger partial charge in [0.25, 0.3) is 0 Å². The molecule has 0 heterocycles. The highest BCUT2D eigenvalue weighted by atomic mass is 16.5. The van der Waals surface area contributed by atoms with Crippen LogP contribution in [-0.2, 0) is 4.74 Å². The normalized spacial score (nSPS) is 33.2. The molecule has 0 saturated heterocycles. The third-order valence-corrected chi connectivity index (χ3v) is 6.65. The largest absolute Gasteiger partial charge is 0.458 e. The fourth-order valence-electron chi connectivity index (χ4n) is 4.63. The summed E-state index contributed by atoms with van der Waals surface area (Å²) in [5.41, 5.74) is 3.17. The number of benzene rings is 1. The fraction of sp³-hybridized carbons (Fsp3) is 0.632. The van der Waals surface area contributed by atoms with Gasteiger partial charge in [-0.3, -0.25) is 0 Å². The molecule has 2 aliphatic rings. The van der Waals surface area contributed by atoms with Crippen LogP contribution >= 0.6 is 0 Å². The Kier molecular flexibility index (Phi) is 3.20. The van der Waals surface area contributed by atoms with E-state index in [9.17, 15) is 4.79 Å². The van der Waals surface area contributed by atoms with Gasteiger partial charge >= 0.3 is 5.97 Å². The zero-order valence-electron chi connectivity index (χ0n) is 13.8. The molecule has 0 amide bonds. The molecule has 3 unspecified atom stereocenters. The molecule has 2 nitrogen and oxygen atoms in total. The summed E-state index contributed by atoms with van der Waals surface area (Å²) in [7, 11) is 0. The molecule has 0 radical (unpaired) electrons. The van der Waals surface area contributed by atoms with Gasteiger partial charge in [0.15, 0.2) is 0 Å². The zero-order valence-corrected chi connectivity index (χ0v) is 13.8. The molecule has 2 aliphatic carbocycles. The topological polar surface area (TPSA) is 26.3 Å². The summed E-state index contributed by atoms with van der Waals surface area (Å²) in [5.74, 6) is 0.554. The van der Waals surface area contributed by atoms with Crippen LogP contribution in [0.5, 0.6) is 0 Å². The number of carbonyl (C=O) groups excluding carboxylic acids is 1. The van der Waals surface area contributed by atoms with E-state index in [1.54, 1.807) is 0 Å². The van der Waals surface area contributed by atoms with Crippen molar-refractivity contribution in [3.63, 3.8) is 0 Å². The van der Waals surface area contributed by atoms with Crippen molar-refractivity contribution in [3.8, 4) is 0 Å². The van der Waals surface area contributed by atoms with Crippen molar-refractivity contribution in [2.24, 2.45) is 16.7 Å². The van der Waals surface area contributed by atoms with Crippen molar-refractivity contribution in [3.05, 3.63) is 34.9 Å². The average Bonchev–Trinajstić information content (AvgIpc) is 2.71. The fourth-order valence-corrected chi connectivity index (χ4v) is 4.63. The summed E-state index contributed by atoms with van der Waals surface area (Å²) in [6.07, 6.45) is 3.55. The Balaban J connectivity index is 1.84. The van der Waals surface area contributed by atoms with E-state index in [1.165, 1.54) is 12.8 Å². The molecule has 3 atom stereocenters. The second kappa shape index (κ2) is 4.59. The number of hydrogen-bond donors (Lipinski definition) is 0. The van der Waals surface area contributed by atoms with Gasteiger partial charge in [-0.2, -0.15) is 0 Å². The molecule has 0 N–H and O–H groups in total. The lowest BCUT2D eigenvalue weighted by Gasteiger charge is -2.38. The zero-order chi connectivity index (χ0) is 15.4. The van der Waals surface area contributed by atoms with Crippen LogP contribution < -0.4 is 0 Å². The summed E-state index contributed by atoms with van der Waals surface area (Å²) >= 11 is 0. The van der Waals surface area contributed by atoms with E-state index in [-0.39, 0.29) is 22.9 Å². The lowest BCUT2D eigenvalue weighted by atomic mass is 9.70. The number of carbonyl (C=O) groups is 1. The maximum atomic E-state index is 12.6. The lowest BCUT2D eigenvalue weighted by Crippen LogP contribution is -2.38. The van der Waals surface area contributed by atoms with Crippen LogP contribution in [0.15, 0.2) is 18.2 Å². The minimum atomic E-state index is -0.139. The molecular formula is C19H26O2. The standard InChI is InChI=1S/C19H26O2/c1-12-7-6-8-13(2)16(12)17(20)21-15-11-14-9-10-19(15,5)18(14,3)4/h6-8,14-15H,9-11H2,1-5H3. The summed E-state index contributed by atoms with van der Waals surface area (Å²) in [6, 6.07) is 5.95. The van der Waals surface area contributed by atoms with E-state index in [0.29, 0.717) is 5.92 Å². The predicted octanol–water partition coefficient (Wildman–Crippen LogP) is 4.68. The van der Waals surface area contributed by atoms with E-state index in [2.05, 4.69) is 20.8 Å². The van der Waals surface area contributed by atoms with Crippen LogP contribution in [0, 0.1) is 30.6 Å². The van der Waals surface area contributed by atoms with Crippen molar-refractivity contribution in [1.29, 1.82) is 0 Å². The Morgan fingerprint density at radius 1 is 1.19 bits per heavy atom. The number of rotatable bonds is 2. The molecule has 0 spiro atoms. The van der Waals surface area contributed by atoms with Crippen LogP contribution in [-0.4, -0.2) is 12.1 Å². The van der Waals surface area contributed by atoms with Gasteiger partial charge < -0.3 is 4.74 Å². The van der Waals surface area contributed by atoms with Crippen LogP contribution in [0.25, 0.3) is 0 Å². The van der Waals surface area contributed by atoms with Crippen molar-refractivity contribution in [2.75, 3.05) is 0 Å². The molecule has 2 saturated carbocycles. The summed E-state index contributed by atoms with van der Waals surface area (Å²) in [6.45, 7) is 11.0. The van der Waals surface area contributed by atoms with E-state index < -0.39 is 0 Å². The minimum Gasteiger partial charge on any atom is -0.458 e. The molecule has 0 aromatic heterocycles. The van der Waals surface area contributed by atoms with Crippen LogP contribution in [0.2, 0.25) is 0 Å². The molecule has 21 heavy (non-hydrogen) atoms. The van der Waals surface area contributed by atoms with E-state index in [1.807, 2.05) is 32.0 Å². The molecule has 1 aromatic carbocycles. The van der Waals surface area contributed by atoms with Crippen LogP contribution in [0.4, 0.5) is 0 Å².